The lowest BCUT2D eigenvalue weighted by molar-refractivity contribution is 0.00578. The van der Waals surface area contributed by atoms with Crippen LogP contribution in [0.1, 0.15) is 67.0 Å². The van der Waals surface area contributed by atoms with Crippen LogP contribution in [0.2, 0.25) is 0 Å². The third-order valence-electron chi connectivity index (χ3n) is 8.64. The number of hydrogen-bond donors (Lipinski definition) is 4. The van der Waals surface area contributed by atoms with E-state index in [-0.39, 0.29) is 37.6 Å². The summed E-state index contributed by atoms with van der Waals surface area (Å²) in [5.74, 6) is 1.07. The lowest BCUT2D eigenvalue weighted by Gasteiger charge is -2.32. The maximum absolute atomic E-state index is 11.8. The van der Waals surface area contributed by atoms with Crippen LogP contribution >= 0.6 is 54.5 Å². The second kappa shape index (κ2) is 15.9. The predicted octanol–water partition coefficient (Wildman–Crippen LogP) is 6.32. The predicted molar refractivity (Wildman–Crippen MR) is 212 cm³/mol. The van der Waals surface area contributed by atoms with Crippen molar-refractivity contribution in [3.8, 4) is 11.1 Å². The number of fused-ring (bicyclic) bond motifs is 2. The van der Waals surface area contributed by atoms with Gasteiger partial charge >= 0.3 is 7.12 Å². The normalized spacial score (nSPS) is 16.7. The fourth-order valence-corrected chi connectivity index (χ4v) is 6.84. The summed E-state index contributed by atoms with van der Waals surface area (Å²) in [6.07, 6.45) is 5.05. The lowest BCUT2D eigenvalue weighted by atomic mass is 9.77. The van der Waals surface area contributed by atoms with Crippen molar-refractivity contribution < 1.29 is 18.9 Å². The Kier molecular flexibility index (Phi) is 12.6. The second-order valence-electron chi connectivity index (χ2n) is 12.5. The van der Waals surface area contributed by atoms with Gasteiger partial charge in [-0.25, -0.2) is 9.97 Å². The summed E-state index contributed by atoms with van der Waals surface area (Å²) in [6, 6.07) is 15.5. The molecule has 10 nitrogen and oxygen atoms in total. The van der Waals surface area contributed by atoms with E-state index >= 15 is 0 Å². The molecule has 2 aromatic carbocycles. The van der Waals surface area contributed by atoms with Crippen molar-refractivity contribution in [3.63, 3.8) is 0 Å². The van der Waals surface area contributed by atoms with Gasteiger partial charge in [-0.1, -0.05) is 31.7 Å². The molecule has 0 bridgehead atoms. The van der Waals surface area contributed by atoms with Gasteiger partial charge in [0, 0.05) is 51.1 Å². The maximum Gasteiger partial charge on any atom is 0.494 e. The number of nitrogens with zero attached hydrogens (tertiary/aromatic N) is 2. The first-order chi connectivity index (χ1) is 22.6. The lowest BCUT2D eigenvalue weighted by Crippen LogP contribution is -2.41. The van der Waals surface area contributed by atoms with Gasteiger partial charge in [0.2, 0.25) is 0 Å². The molecule has 3 aliphatic rings. The molecule has 1 saturated heterocycles. The number of carbonyl (C=O) groups is 2. The van der Waals surface area contributed by atoms with Gasteiger partial charge in [-0.2, -0.15) is 0 Å². The fraction of sp³-hybridized carbons (Fsp3) is 0.314. The zero-order valence-electron chi connectivity index (χ0n) is 27.0. The Balaban J connectivity index is 0.000000175. The van der Waals surface area contributed by atoms with Crippen LogP contribution in [0.4, 0.5) is 11.6 Å². The number of nitrogen functional groups attached to an aromatic ring is 2. The molecule has 1 fully saturated rings. The molecule has 2 amide bonds. The van der Waals surface area contributed by atoms with E-state index < -0.39 is 0 Å². The van der Waals surface area contributed by atoms with Gasteiger partial charge in [-0.15, -0.1) is 0 Å². The van der Waals surface area contributed by atoms with E-state index in [1.807, 2.05) is 76.2 Å². The molecule has 0 atom stereocenters. The number of hydrogen-bond acceptors (Lipinski definition) is 8. The van der Waals surface area contributed by atoms with E-state index in [4.69, 9.17) is 20.8 Å². The van der Waals surface area contributed by atoms with Crippen molar-refractivity contribution in [1.29, 1.82) is 0 Å². The molecule has 7 rings (SSSR count). The summed E-state index contributed by atoms with van der Waals surface area (Å²) in [4.78, 5) is 31.5. The van der Waals surface area contributed by atoms with Crippen LogP contribution in [0.3, 0.4) is 0 Å². The fourth-order valence-electron chi connectivity index (χ4n) is 5.28. The molecule has 0 aliphatic carbocycles. The number of nitrogens with one attached hydrogen (secondary N) is 2. The van der Waals surface area contributed by atoms with E-state index in [1.165, 1.54) is 0 Å². The van der Waals surface area contributed by atoms with E-state index in [1.54, 1.807) is 12.4 Å². The van der Waals surface area contributed by atoms with Gasteiger partial charge in [-0.3, -0.25) is 9.59 Å². The Hall–Kier alpha value is -3.05. The number of amides is 2. The van der Waals surface area contributed by atoms with Crippen LogP contribution < -0.4 is 27.6 Å². The van der Waals surface area contributed by atoms with Crippen LogP contribution in [0, 0.1) is 3.57 Å². The van der Waals surface area contributed by atoms with Crippen molar-refractivity contribution in [2.24, 2.45) is 0 Å². The van der Waals surface area contributed by atoms with Crippen molar-refractivity contribution in [2.45, 2.75) is 59.2 Å². The third-order valence-corrected chi connectivity index (χ3v) is 10.4. The molecule has 2 aromatic heterocycles. The molecular formula is C35H40BBr2IN6O4. The van der Waals surface area contributed by atoms with Crippen LogP contribution in [0.15, 0.2) is 69.9 Å². The summed E-state index contributed by atoms with van der Waals surface area (Å²) >= 11 is 8.80. The number of aromatic nitrogens is 2. The number of anilines is 2. The average Bonchev–Trinajstić information content (AvgIpc) is 3.27. The number of rotatable bonds is 2. The smallest absolute Gasteiger partial charge is 0.399 e. The monoisotopic (exact) mass is 904 g/mol. The highest BCUT2D eigenvalue weighted by Crippen LogP contribution is 2.36. The summed E-state index contributed by atoms with van der Waals surface area (Å²) < 4.78 is 14.9. The zero-order valence-corrected chi connectivity index (χ0v) is 32.3. The molecular weight excluding hydrogens is 866 g/mol. The van der Waals surface area contributed by atoms with Gasteiger partial charge < -0.3 is 31.4 Å². The van der Waals surface area contributed by atoms with Gasteiger partial charge in [0.25, 0.3) is 11.8 Å². The molecule has 5 heterocycles. The first-order valence-electron chi connectivity index (χ1n) is 15.3. The highest BCUT2D eigenvalue weighted by atomic mass is 127. The standard InChI is InChI=1S/C15H20BNO3.C14H12BrN3O.C5H4BrIN2.CH4/c1-14(2)15(3,4)20-16(19-14)11-5-6-12-10(9-11)7-8-17-13(12)18;15-10-6-12(13(16)18-7-10)8-1-2-11-9(5-8)3-4-17-14(11)19;6-3-1-4(7)5(8)9-2-3;/h5-6,9H,7-8H2,1-4H3,(H,17,18);1-2,5-7H,3-4H2,(H2,16,18)(H,17,19);1-2H,(H2,8,9);1H4. The van der Waals surface area contributed by atoms with Crippen molar-refractivity contribution in [2.75, 3.05) is 24.6 Å². The average molecular weight is 906 g/mol. The Labute approximate surface area is 318 Å². The van der Waals surface area contributed by atoms with Gasteiger partial charge in [-0.05, 0) is 141 Å². The summed E-state index contributed by atoms with van der Waals surface area (Å²) in [5, 5.41) is 5.69. The van der Waals surface area contributed by atoms with Gasteiger partial charge in [0.15, 0.2) is 0 Å². The first kappa shape index (κ1) is 38.8. The zero-order chi connectivity index (χ0) is 34.8. The number of carbonyl (C=O) groups excluding carboxylic acids is 2. The Bertz CT molecular complexity index is 1860. The SMILES string of the molecule is C.CC1(C)OB(c2ccc3c(c2)CCNC3=O)OC1(C)C.Nc1ncc(Br)cc1-c1ccc2c(c1)CCNC2=O.Nc1ncc(Br)cc1I. The number of benzene rings is 2. The van der Waals surface area contributed by atoms with E-state index in [0.717, 1.165) is 64.2 Å². The van der Waals surface area contributed by atoms with Crippen LogP contribution in [-0.2, 0) is 22.2 Å². The van der Waals surface area contributed by atoms with E-state index in [9.17, 15) is 9.59 Å². The number of halogens is 3. The molecule has 4 aromatic rings. The summed E-state index contributed by atoms with van der Waals surface area (Å²) in [6.45, 7) is 9.54. The van der Waals surface area contributed by atoms with Gasteiger partial charge in [0.1, 0.15) is 11.6 Å². The number of nitrogens with two attached hydrogens (primary N) is 2. The second-order valence-corrected chi connectivity index (χ2v) is 15.5. The number of pyridine rings is 2. The Morgan fingerprint density at radius 1 is 0.755 bits per heavy atom. The minimum Gasteiger partial charge on any atom is -0.399 e. The maximum atomic E-state index is 11.8. The third kappa shape index (κ3) is 9.01. The van der Waals surface area contributed by atoms with E-state index in [2.05, 4.69) is 75.1 Å². The quantitative estimate of drug-likeness (QED) is 0.135. The molecule has 0 unspecified atom stereocenters. The topological polar surface area (TPSA) is 154 Å². The minimum atomic E-state index is -0.365. The molecule has 3 aliphatic heterocycles. The molecule has 49 heavy (non-hydrogen) atoms. The highest BCUT2D eigenvalue weighted by molar-refractivity contribution is 14.1. The molecule has 258 valence electrons. The van der Waals surface area contributed by atoms with Gasteiger partial charge in [0.05, 0.1) is 14.8 Å². The van der Waals surface area contributed by atoms with Crippen molar-refractivity contribution in [3.05, 3.63) is 95.7 Å². The Morgan fingerprint density at radius 3 is 1.82 bits per heavy atom. The van der Waals surface area contributed by atoms with Crippen LogP contribution in [0.5, 0.6) is 0 Å². The minimum absolute atomic E-state index is 0. The molecule has 0 radical (unpaired) electrons. The molecule has 0 spiro atoms. The Morgan fingerprint density at radius 2 is 1.27 bits per heavy atom. The highest BCUT2D eigenvalue weighted by Gasteiger charge is 2.51. The van der Waals surface area contributed by atoms with Crippen molar-refractivity contribution in [1.82, 2.24) is 20.6 Å². The van der Waals surface area contributed by atoms with Crippen molar-refractivity contribution >= 4 is 90.5 Å². The molecule has 14 heteroatoms. The largest absolute Gasteiger partial charge is 0.494 e. The summed E-state index contributed by atoms with van der Waals surface area (Å²) in [5.41, 5.74) is 17.2. The molecule has 0 saturated carbocycles. The summed E-state index contributed by atoms with van der Waals surface area (Å²) in [7, 11) is -0.365. The van der Waals surface area contributed by atoms with Crippen LogP contribution in [0.25, 0.3) is 11.1 Å². The van der Waals surface area contributed by atoms with E-state index in [0.29, 0.717) is 24.7 Å². The first-order valence-corrected chi connectivity index (χ1v) is 18.0. The van der Waals surface area contributed by atoms with Crippen LogP contribution in [-0.4, -0.2) is 53.2 Å². The molecule has 6 N–H and O–H groups in total.